The van der Waals surface area contributed by atoms with Gasteiger partial charge in [-0.15, -0.1) is 0 Å². The molecule has 0 unspecified atom stereocenters. The molecule has 22 aromatic rings. The zero-order chi connectivity index (χ0) is 86.8. The van der Waals surface area contributed by atoms with Crippen LogP contribution in [0.3, 0.4) is 0 Å². The summed E-state index contributed by atoms with van der Waals surface area (Å²) < 4.78 is 19.5. The number of nitrogens with zero attached hydrogens (tertiary/aromatic N) is 10. The minimum Gasteiger partial charge on any atom is -0.456 e. The SMILES string of the molecule is CC1(C)c2cc(-c3nc(-c4ccccc4)nc(-c4ccccc4)n3)ccc2-c2ccc3c(oc4ccccc43)c21.CC1(C)c2cc(-c3nc(-c4ccccc4)nc(-c4ccccn4)n3)ccc2-c2ccc3c(oc4ccccc43)c21.CC1(C)c2ccccc2-c2ccc(-c3nc(-c4ccccc4)nc(-c4ccc5c(c4)C(C)(C)c4c-5ccc5c4oc4ccccc45)n3)cc21. The van der Waals surface area contributed by atoms with Crippen LogP contribution in [0.15, 0.2) is 365 Å². The lowest BCUT2D eigenvalue weighted by Gasteiger charge is -2.22. The molecule has 15 aromatic carbocycles. The quantitative estimate of drug-likeness (QED) is 0.134. The first-order valence-electron chi connectivity index (χ1n) is 43.9. The molecule has 0 atom stereocenters. The number of hydrogen-bond acceptors (Lipinski definition) is 13. The highest BCUT2D eigenvalue weighted by Crippen LogP contribution is 2.58. The van der Waals surface area contributed by atoms with Crippen LogP contribution in [0.4, 0.5) is 0 Å². The molecule has 0 fully saturated rings. The number of benzene rings is 15. The second kappa shape index (κ2) is 29.2. The smallest absolute Gasteiger partial charge is 0.182 e. The van der Waals surface area contributed by atoms with Crippen molar-refractivity contribution in [3.8, 4) is 147 Å². The summed E-state index contributed by atoms with van der Waals surface area (Å²) in [6, 6.07) is 120. The Hall–Kier alpha value is -16.1. The zero-order valence-electron chi connectivity index (χ0n) is 72.2. The molecule has 0 saturated heterocycles. The third kappa shape index (κ3) is 12.3. The summed E-state index contributed by atoms with van der Waals surface area (Å²) in [6.45, 7) is 18.3. The molecule has 0 aliphatic heterocycles. The van der Waals surface area contributed by atoms with Crippen LogP contribution >= 0.6 is 0 Å². The van der Waals surface area contributed by atoms with Crippen molar-refractivity contribution in [2.75, 3.05) is 0 Å². The van der Waals surface area contributed by atoms with Gasteiger partial charge in [-0.2, -0.15) is 0 Å². The maximum atomic E-state index is 6.54. The highest BCUT2D eigenvalue weighted by atomic mass is 16.3. The second-order valence-corrected chi connectivity index (χ2v) is 36.1. The predicted octanol–water partition coefficient (Wildman–Crippen LogP) is 28.9. The fraction of sp³-hybridized carbons (Fsp3) is 0.103. The van der Waals surface area contributed by atoms with E-state index in [9.17, 15) is 0 Å². The van der Waals surface area contributed by atoms with Crippen LogP contribution < -0.4 is 0 Å². The Balaban J connectivity index is 0.000000108. The van der Waals surface area contributed by atoms with E-state index in [2.05, 4.69) is 248 Å². The minimum atomic E-state index is -0.285. The minimum absolute atomic E-state index is 0.119. The van der Waals surface area contributed by atoms with Gasteiger partial charge < -0.3 is 13.3 Å². The van der Waals surface area contributed by atoms with Gasteiger partial charge >= 0.3 is 0 Å². The van der Waals surface area contributed by atoms with E-state index in [1.54, 1.807) is 6.20 Å². The molecule has 0 saturated carbocycles. The maximum absolute atomic E-state index is 6.54. The normalized spacial score (nSPS) is 14.0. The number of fused-ring (bicyclic) bond motifs is 24. The van der Waals surface area contributed by atoms with Crippen molar-refractivity contribution in [1.82, 2.24) is 49.8 Å². The standard InChI is InChI=1S/C45H33N3O.C36H25N3O.C35H24N4O/c1-44(2)35-16-10-8-14-29(35)30-20-18-27(24-36(30)44)42-46-41(26-12-6-5-7-13-26)47-43(48-42)28-19-21-31-33-22-23-34-32-15-9-11-17-38(32)49-40(34)39(33)45(3,4)37(31)25-28;1-36(2)29-21-24(17-18-25(29)27-19-20-28-26-15-9-10-16-30(26)40-32(28)31(27)36)35-38-33(22-11-5-3-6-12-22)37-34(39-35)23-13-7-4-8-14-23;1-35(2)27-20-22(15-16-23(27)25-17-18-26-24-12-6-7-14-29(24)40-31(26)30(25)35)33-37-32(21-10-4-3-5-11-21)38-34(39-33)28-13-8-9-19-36-28/h5-25H,1-4H3;3-21H,1-2H3;3-20H,1-2H3. The molecule has 13 heteroatoms. The summed E-state index contributed by atoms with van der Waals surface area (Å²) in [7, 11) is 0. The van der Waals surface area contributed by atoms with Crippen molar-refractivity contribution in [3.05, 3.63) is 396 Å². The van der Waals surface area contributed by atoms with Gasteiger partial charge in [-0.1, -0.05) is 328 Å². The van der Waals surface area contributed by atoms with Gasteiger partial charge in [-0.3, -0.25) is 4.98 Å². The first-order valence-corrected chi connectivity index (χ1v) is 43.9. The molecule has 129 heavy (non-hydrogen) atoms. The van der Waals surface area contributed by atoms with Gasteiger partial charge in [-0.25, -0.2) is 44.9 Å². The number of rotatable bonds is 9. The number of furan rings is 3. The van der Waals surface area contributed by atoms with Crippen LogP contribution in [-0.2, 0) is 21.7 Å². The van der Waals surface area contributed by atoms with E-state index >= 15 is 0 Å². The molecule has 13 nitrogen and oxygen atoms in total. The van der Waals surface area contributed by atoms with Crippen molar-refractivity contribution >= 4 is 65.8 Å². The molecular formula is C116H82N10O3. The van der Waals surface area contributed by atoms with Crippen LogP contribution in [0, 0.1) is 0 Å². The van der Waals surface area contributed by atoms with Gasteiger partial charge in [-0.05, 0) is 145 Å². The third-order valence-electron chi connectivity index (χ3n) is 27.0. The van der Waals surface area contributed by atoms with E-state index in [1.165, 1.54) is 89.0 Å². The van der Waals surface area contributed by atoms with E-state index in [4.69, 9.17) is 58.1 Å². The van der Waals surface area contributed by atoms with Gasteiger partial charge in [0.1, 0.15) is 39.2 Å². The lowest BCUT2D eigenvalue weighted by Crippen LogP contribution is -2.15. The Morgan fingerprint density at radius 2 is 0.442 bits per heavy atom. The van der Waals surface area contributed by atoms with E-state index in [0.717, 1.165) is 110 Å². The highest BCUT2D eigenvalue weighted by molar-refractivity contribution is 6.12. The van der Waals surface area contributed by atoms with E-state index in [-0.39, 0.29) is 21.7 Å². The van der Waals surface area contributed by atoms with E-state index < -0.39 is 0 Å². The Labute approximate surface area is 744 Å². The van der Waals surface area contributed by atoms with Crippen molar-refractivity contribution < 1.29 is 13.3 Å². The van der Waals surface area contributed by atoms with Gasteiger partial charge in [0, 0.05) is 121 Å². The fourth-order valence-corrected chi connectivity index (χ4v) is 20.6. The summed E-state index contributed by atoms with van der Waals surface area (Å²) in [4.78, 5) is 49.3. The zero-order valence-corrected chi connectivity index (χ0v) is 72.2. The van der Waals surface area contributed by atoms with E-state index in [0.29, 0.717) is 58.1 Å². The van der Waals surface area contributed by atoms with Gasteiger partial charge in [0.2, 0.25) is 0 Å². The van der Waals surface area contributed by atoms with Gasteiger partial charge in [0.15, 0.2) is 52.4 Å². The van der Waals surface area contributed by atoms with Gasteiger partial charge in [0.25, 0.3) is 0 Å². The second-order valence-electron chi connectivity index (χ2n) is 36.1. The molecule has 0 amide bonds. The Morgan fingerprint density at radius 3 is 0.767 bits per heavy atom. The summed E-state index contributed by atoms with van der Waals surface area (Å²) in [5, 5.41) is 6.92. The summed E-state index contributed by atoms with van der Waals surface area (Å²) in [5.41, 5.74) is 33.1. The first-order chi connectivity index (χ1) is 62.9. The predicted molar refractivity (Wildman–Crippen MR) is 518 cm³/mol. The Bertz CT molecular complexity index is 7940. The number of aromatic nitrogens is 10. The molecule has 0 radical (unpaired) electrons. The summed E-state index contributed by atoms with van der Waals surface area (Å²) in [5.74, 6) is 5.79. The molecule has 26 rings (SSSR count). The highest BCUT2D eigenvalue weighted by Gasteiger charge is 2.43. The molecule has 4 aliphatic rings. The lowest BCUT2D eigenvalue weighted by atomic mass is 9.81. The van der Waals surface area contributed by atoms with Crippen LogP contribution in [0.2, 0.25) is 0 Å². The van der Waals surface area contributed by atoms with Crippen LogP contribution in [0.5, 0.6) is 0 Å². The molecule has 4 aliphatic carbocycles. The van der Waals surface area contributed by atoms with Crippen LogP contribution in [0.25, 0.3) is 213 Å². The van der Waals surface area contributed by atoms with Crippen molar-refractivity contribution in [2.45, 2.75) is 77.0 Å². The van der Waals surface area contributed by atoms with Crippen molar-refractivity contribution in [1.29, 1.82) is 0 Å². The molecule has 7 aromatic heterocycles. The molecular weight excluding hydrogens is 1580 g/mol. The number of pyridine rings is 1. The summed E-state index contributed by atoms with van der Waals surface area (Å²) in [6.07, 6.45) is 1.76. The fourth-order valence-electron chi connectivity index (χ4n) is 20.6. The topological polar surface area (TPSA) is 168 Å². The Kier molecular flexibility index (Phi) is 17.3. The van der Waals surface area contributed by atoms with Crippen molar-refractivity contribution in [2.24, 2.45) is 0 Å². The molecule has 7 heterocycles. The molecule has 0 bridgehead atoms. The maximum Gasteiger partial charge on any atom is 0.182 e. The molecule has 0 spiro atoms. The number of para-hydroxylation sites is 3. The summed E-state index contributed by atoms with van der Waals surface area (Å²) >= 11 is 0. The average Bonchev–Trinajstić information content (AvgIpc) is 1.55. The lowest BCUT2D eigenvalue weighted by molar-refractivity contribution is 0.619. The largest absolute Gasteiger partial charge is 0.456 e. The van der Waals surface area contributed by atoms with Crippen molar-refractivity contribution in [3.63, 3.8) is 0 Å². The monoisotopic (exact) mass is 1660 g/mol. The van der Waals surface area contributed by atoms with Crippen LogP contribution in [0.1, 0.15) is 99.9 Å². The van der Waals surface area contributed by atoms with Gasteiger partial charge in [0.05, 0.1) is 0 Å². The van der Waals surface area contributed by atoms with E-state index in [1.807, 2.05) is 158 Å². The number of hydrogen-bond donors (Lipinski definition) is 0. The Morgan fingerprint density at radius 1 is 0.186 bits per heavy atom. The first kappa shape index (κ1) is 76.5. The average molecular weight is 1660 g/mol. The third-order valence-corrected chi connectivity index (χ3v) is 27.0. The molecule has 0 N–H and O–H groups in total. The molecule has 614 valence electrons. The van der Waals surface area contributed by atoms with Crippen LogP contribution in [-0.4, -0.2) is 49.8 Å².